The fourth-order valence-electron chi connectivity index (χ4n) is 2.26. The van der Waals surface area contributed by atoms with Gasteiger partial charge in [-0.1, -0.05) is 48.5 Å². The average Bonchev–Trinajstić information content (AvgIpc) is 2.71. The van der Waals surface area contributed by atoms with Crippen molar-refractivity contribution in [2.45, 2.75) is 9.79 Å². The molecule has 0 amide bonds. The summed E-state index contributed by atoms with van der Waals surface area (Å²) >= 11 is 10.3. The first-order chi connectivity index (χ1) is 12.8. The minimum Gasteiger partial charge on any atom is -0.779 e. The SMILES string of the molecule is [Pt+2].[S-]c1ccccc1-c1ccncn1.[S-]c1ccccc1-c1ccncn1. The van der Waals surface area contributed by atoms with Crippen molar-refractivity contribution in [3.63, 3.8) is 0 Å². The number of hydrogen-bond donors (Lipinski definition) is 0. The number of nitrogens with zero attached hydrogens (tertiary/aromatic N) is 4. The van der Waals surface area contributed by atoms with Gasteiger partial charge in [0.15, 0.2) is 0 Å². The van der Waals surface area contributed by atoms with Crippen LogP contribution in [0.1, 0.15) is 0 Å². The number of aromatic nitrogens is 4. The second-order valence-electron chi connectivity index (χ2n) is 5.18. The van der Waals surface area contributed by atoms with E-state index in [0.29, 0.717) is 0 Å². The molecule has 2 aromatic heterocycles. The zero-order chi connectivity index (χ0) is 18.2. The second kappa shape index (κ2) is 10.8. The topological polar surface area (TPSA) is 51.6 Å². The van der Waals surface area contributed by atoms with E-state index in [2.05, 4.69) is 19.9 Å². The maximum Gasteiger partial charge on any atom is 2.00 e. The molecule has 0 saturated carbocycles. The van der Waals surface area contributed by atoms with Gasteiger partial charge in [0.2, 0.25) is 0 Å². The molecule has 136 valence electrons. The monoisotopic (exact) mass is 569 g/mol. The van der Waals surface area contributed by atoms with Crippen molar-refractivity contribution in [1.82, 2.24) is 19.9 Å². The van der Waals surface area contributed by atoms with Crippen molar-refractivity contribution in [2.24, 2.45) is 0 Å². The van der Waals surface area contributed by atoms with Crippen LogP contribution in [0.15, 0.2) is 95.5 Å². The van der Waals surface area contributed by atoms with Gasteiger partial charge in [0, 0.05) is 12.4 Å². The van der Waals surface area contributed by atoms with Crippen LogP contribution in [0.4, 0.5) is 0 Å². The van der Waals surface area contributed by atoms with E-state index in [9.17, 15) is 0 Å². The van der Waals surface area contributed by atoms with Crippen molar-refractivity contribution >= 4 is 25.3 Å². The van der Waals surface area contributed by atoms with Crippen LogP contribution in [0, 0.1) is 0 Å². The van der Waals surface area contributed by atoms with Crippen molar-refractivity contribution in [2.75, 3.05) is 0 Å². The fourth-order valence-corrected chi connectivity index (χ4v) is 2.76. The van der Waals surface area contributed by atoms with Crippen LogP contribution in [0.2, 0.25) is 0 Å². The molecular weight excluding hydrogens is 555 g/mol. The molecule has 0 radical (unpaired) electrons. The van der Waals surface area contributed by atoms with Crippen molar-refractivity contribution in [3.05, 3.63) is 85.7 Å². The molecule has 4 rings (SSSR count). The van der Waals surface area contributed by atoms with E-state index in [0.717, 1.165) is 32.3 Å². The molecule has 0 atom stereocenters. The number of rotatable bonds is 2. The van der Waals surface area contributed by atoms with Gasteiger partial charge in [-0.3, -0.25) is 0 Å². The normalized spacial score (nSPS) is 9.48. The molecule has 2 aromatic carbocycles. The summed E-state index contributed by atoms with van der Waals surface area (Å²) in [7, 11) is 0. The summed E-state index contributed by atoms with van der Waals surface area (Å²) in [6.07, 6.45) is 6.47. The molecule has 0 N–H and O–H groups in total. The van der Waals surface area contributed by atoms with E-state index in [4.69, 9.17) is 25.3 Å². The quantitative estimate of drug-likeness (QED) is 0.339. The maximum absolute atomic E-state index is 5.17. The van der Waals surface area contributed by atoms with Crippen LogP contribution in [0.25, 0.3) is 22.5 Å². The molecular formula is C20H14N4PtS2. The smallest absolute Gasteiger partial charge is 0.779 e. The molecule has 0 aliphatic carbocycles. The van der Waals surface area contributed by atoms with Crippen molar-refractivity contribution in [1.29, 1.82) is 0 Å². The molecule has 0 saturated heterocycles. The summed E-state index contributed by atoms with van der Waals surface area (Å²) in [5.41, 5.74) is 3.72. The standard InChI is InChI=1S/2C10H8N2S.Pt/c2*13-10-4-2-1-3-8(10)9-5-6-11-7-12-9;/h2*1-7,13H;/q;;+2/p-2. The molecule has 0 fully saturated rings. The third kappa shape index (κ3) is 5.86. The predicted molar refractivity (Wildman–Crippen MR) is 106 cm³/mol. The fraction of sp³-hybridized carbons (Fsp3) is 0. The zero-order valence-electron chi connectivity index (χ0n) is 14.0. The third-order valence-electron chi connectivity index (χ3n) is 3.49. The Kier molecular flexibility index (Phi) is 8.39. The average molecular weight is 570 g/mol. The van der Waals surface area contributed by atoms with E-state index in [1.54, 1.807) is 12.4 Å². The summed E-state index contributed by atoms with van der Waals surface area (Å²) in [6, 6.07) is 19.2. The van der Waals surface area contributed by atoms with Gasteiger partial charge >= 0.3 is 21.1 Å². The summed E-state index contributed by atoms with van der Waals surface area (Å²) in [5, 5.41) is 0. The number of hydrogen-bond acceptors (Lipinski definition) is 6. The molecule has 7 heteroatoms. The van der Waals surface area contributed by atoms with E-state index >= 15 is 0 Å². The molecule has 0 spiro atoms. The minimum absolute atomic E-state index is 0. The summed E-state index contributed by atoms with van der Waals surface area (Å²) in [5.74, 6) is 0. The van der Waals surface area contributed by atoms with Gasteiger partial charge in [0.05, 0.1) is 11.4 Å². The first kappa shape index (κ1) is 21.0. The Morgan fingerprint density at radius 1 is 0.556 bits per heavy atom. The Morgan fingerprint density at radius 3 is 1.30 bits per heavy atom. The van der Waals surface area contributed by atoms with Crippen LogP contribution < -0.4 is 0 Å². The van der Waals surface area contributed by atoms with E-state index < -0.39 is 0 Å². The van der Waals surface area contributed by atoms with E-state index in [1.165, 1.54) is 12.7 Å². The molecule has 0 aliphatic rings. The van der Waals surface area contributed by atoms with Crippen LogP contribution in [0.3, 0.4) is 0 Å². The van der Waals surface area contributed by atoms with Gasteiger partial charge in [-0.15, -0.1) is 0 Å². The van der Waals surface area contributed by atoms with Crippen LogP contribution in [0.5, 0.6) is 0 Å². The van der Waals surface area contributed by atoms with Gasteiger partial charge in [-0.25, -0.2) is 19.9 Å². The molecule has 2 heterocycles. The van der Waals surface area contributed by atoms with Gasteiger partial charge in [0.1, 0.15) is 12.7 Å². The van der Waals surface area contributed by atoms with Gasteiger partial charge < -0.3 is 25.3 Å². The van der Waals surface area contributed by atoms with Crippen molar-refractivity contribution < 1.29 is 21.1 Å². The first-order valence-corrected chi connectivity index (χ1v) is 8.62. The minimum atomic E-state index is 0. The van der Waals surface area contributed by atoms with E-state index in [1.807, 2.05) is 60.7 Å². The Bertz CT molecular complexity index is 889. The molecule has 4 aromatic rings. The van der Waals surface area contributed by atoms with E-state index in [-0.39, 0.29) is 21.1 Å². The molecule has 27 heavy (non-hydrogen) atoms. The summed E-state index contributed by atoms with van der Waals surface area (Å²) in [6.45, 7) is 0. The summed E-state index contributed by atoms with van der Waals surface area (Å²) in [4.78, 5) is 17.6. The maximum atomic E-state index is 5.17. The number of benzene rings is 2. The zero-order valence-corrected chi connectivity index (χ0v) is 17.9. The van der Waals surface area contributed by atoms with Crippen LogP contribution >= 0.6 is 0 Å². The third-order valence-corrected chi connectivity index (χ3v) is 4.20. The van der Waals surface area contributed by atoms with Crippen LogP contribution in [-0.2, 0) is 46.3 Å². The molecule has 0 unspecified atom stereocenters. The summed E-state index contributed by atoms with van der Waals surface area (Å²) < 4.78 is 0. The predicted octanol–water partition coefficient (Wildman–Crippen LogP) is 4.10. The van der Waals surface area contributed by atoms with Crippen molar-refractivity contribution in [3.8, 4) is 22.5 Å². The van der Waals surface area contributed by atoms with Gasteiger partial charge in [-0.2, -0.15) is 9.79 Å². The first-order valence-electron chi connectivity index (χ1n) is 7.80. The van der Waals surface area contributed by atoms with Crippen LogP contribution in [-0.4, -0.2) is 19.9 Å². The Labute approximate surface area is 183 Å². The second-order valence-corrected chi connectivity index (χ2v) is 6.06. The van der Waals surface area contributed by atoms with Gasteiger partial charge in [0.25, 0.3) is 0 Å². The Hall–Kier alpha value is -2.27. The largest absolute Gasteiger partial charge is 2.00 e. The Balaban J connectivity index is 0.000000187. The molecule has 0 aliphatic heterocycles. The Morgan fingerprint density at radius 2 is 0.963 bits per heavy atom. The van der Waals surface area contributed by atoms with Gasteiger partial charge in [-0.05, 0) is 23.3 Å². The molecule has 4 nitrogen and oxygen atoms in total. The molecule has 0 bridgehead atoms.